The highest BCUT2D eigenvalue weighted by Gasteiger charge is 2.38. The maximum absolute atomic E-state index is 2.74. The molecule has 0 radical (unpaired) electrons. The Morgan fingerprint density at radius 1 is 1.06 bits per heavy atom. The van der Waals surface area contributed by atoms with Crippen molar-refractivity contribution in [2.45, 2.75) is 38.4 Å². The average Bonchev–Trinajstić information content (AvgIpc) is 2.63. The molecule has 2 nitrogen and oxygen atoms in total. The first kappa shape index (κ1) is 11.2. The van der Waals surface area contributed by atoms with Crippen LogP contribution in [0.15, 0.2) is 30.3 Å². The van der Waals surface area contributed by atoms with Crippen LogP contribution in [0.4, 0.5) is 0 Å². The quantitative estimate of drug-likeness (QED) is 0.786. The van der Waals surface area contributed by atoms with Crippen molar-refractivity contribution >= 4 is 0 Å². The summed E-state index contributed by atoms with van der Waals surface area (Å²) in [6.07, 6.45) is 2.79. The smallest absolute Gasteiger partial charge is 0.0240 e. The van der Waals surface area contributed by atoms with Gasteiger partial charge < -0.3 is 4.90 Å². The van der Waals surface area contributed by atoms with E-state index in [1.807, 2.05) is 0 Å². The fourth-order valence-electron chi connectivity index (χ4n) is 3.39. The standard InChI is InChI=1S/C15H22N2/c1-2-16-11-14-8-9-15(12-16)17(14)10-13-6-4-3-5-7-13/h3-7,14-15H,2,8-12H2,1H3. The van der Waals surface area contributed by atoms with E-state index in [1.165, 1.54) is 38.0 Å². The van der Waals surface area contributed by atoms with E-state index in [-0.39, 0.29) is 0 Å². The lowest BCUT2D eigenvalue weighted by Gasteiger charge is -2.40. The highest BCUT2D eigenvalue weighted by Crippen LogP contribution is 2.31. The van der Waals surface area contributed by atoms with Crippen LogP contribution in [0.25, 0.3) is 0 Å². The predicted molar refractivity (Wildman–Crippen MR) is 70.9 cm³/mol. The van der Waals surface area contributed by atoms with E-state index in [4.69, 9.17) is 0 Å². The van der Waals surface area contributed by atoms with Crippen LogP contribution in [-0.4, -0.2) is 41.5 Å². The summed E-state index contributed by atoms with van der Waals surface area (Å²) in [5, 5.41) is 0. The minimum Gasteiger partial charge on any atom is -0.301 e. The Bertz CT molecular complexity index is 348. The summed E-state index contributed by atoms with van der Waals surface area (Å²) in [6.45, 7) is 7.20. The van der Waals surface area contributed by atoms with E-state index in [0.717, 1.165) is 18.6 Å². The Kier molecular flexibility index (Phi) is 3.17. The van der Waals surface area contributed by atoms with Gasteiger partial charge in [0.25, 0.3) is 0 Å². The molecule has 0 N–H and O–H groups in total. The van der Waals surface area contributed by atoms with E-state index >= 15 is 0 Å². The predicted octanol–water partition coefficient (Wildman–Crippen LogP) is 2.36. The van der Waals surface area contributed by atoms with Crippen molar-refractivity contribution < 1.29 is 0 Å². The van der Waals surface area contributed by atoms with Gasteiger partial charge in [-0.3, -0.25) is 4.90 Å². The van der Waals surface area contributed by atoms with Crippen molar-refractivity contribution in [2.75, 3.05) is 19.6 Å². The van der Waals surface area contributed by atoms with E-state index < -0.39 is 0 Å². The van der Waals surface area contributed by atoms with E-state index in [0.29, 0.717) is 0 Å². The minimum atomic E-state index is 0.800. The molecule has 2 heterocycles. The van der Waals surface area contributed by atoms with Gasteiger partial charge in [-0.15, -0.1) is 0 Å². The molecule has 0 spiro atoms. The zero-order valence-electron chi connectivity index (χ0n) is 10.7. The van der Waals surface area contributed by atoms with Crippen LogP contribution in [0.5, 0.6) is 0 Å². The van der Waals surface area contributed by atoms with Crippen LogP contribution in [0.2, 0.25) is 0 Å². The Morgan fingerprint density at radius 3 is 2.29 bits per heavy atom. The van der Waals surface area contributed by atoms with Gasteiger partial charge in [-0.1, -0.05) is 37.3 Å². The third-order valence-corrected chi connectivity index (χ3v) is 4.36. The lowest BCUT2D eigenvalue weighted by molar-refractivity contribution is 0.0641. The van der Waals surface area contributed by atoms with E-state index in [9.17, 15) is 0 Å². The molecule has 1 aromatic rings. The molecule has 0 aliphatic carbocycles. The molecule has 2 unspecified atom stereocenters. The van der Waals surface area contributed by atoms with E-state index in [2.05, 4.69) is 47.1 Å². The van der Waals surface area contributed by atoms with Crippen LogP contribution in [0.1, 0.15) is 25.3 Å². The molecule has 0 aromatic heterocycles. The number of likely N-dealkylation sites (tertiary alicyclic amines) is 1. The number of benzene rings is 1. The molecular weight excluding hydrogens is 208 g/mol. The first-order valence-corrected chi connectivity index (χ1v) is 6.89. The molecule has 2 saturated heterocycles. The van der Waals surface area contributed by atoms with Gasteiger partial charge in [0.05, 0.1) is 0 Å². The second-order valence-electron chi connectivity index (χ2n) is 5.40. The maximum Gasteiger partial charge on any atom is 0.0240 e. The second kappa shape index (κ2) is 4.79. The van der Waals surface area contributed by atoms with Crippen molar-refractivity contribution in [3.05, 3.63) is 35.9 Å². The molecule has 2 atom stereocenters. The number of rotatable bonds is 3. The fourth-order valence-corrected chi connectivity index (χ4v) is 3.39. The second-order valence-corrected chi connectivity index (χ2v) is 5.40. The highest BCUT2D eigenvalue weighted by molar-refractivity contribution is 5.15. The summed E-state index contributed by atoms with van der Waals surface area (Å²) in [7, 11) is 0. The third kappa shape index (κ3) is 2.24. The fraction of sp³-hybridized carbons (Fsp3) is 0.600. The van der Waals surface area contributed by atoms with Crippen LogP contribution in [0.3, 0.4) is 0 Å². The van der Waals surface area contributed by atoms with Gasteiger partial charge in [0.2, 0.25) is 0 Å². The van der Waals surface area contributed by atoms with Gasteiger partial charge in [-0.25, -0.2) is 0 Å². The summed E-state index contributed by atoms with van der Waals surface area (Å²) >= 11 is 0. The van der Waals surface area contributed by atoms with Gasteiger partial charge in [0.1, 0.15) is 0 Å². The van der Waals surface area contributed by atoms with Gasteiger partial charge in [0.15, 0.2) is 0 Å². The molecular formula is C15H22N2. The largest absolute Gasteiger partial charge is 0.301 e. The SMILES string of the molecule is CCN1CC2CCC(C1)N2Cc1ccccc1. The molecule has 2 fully saturated rings. The number of hydrogen-bond donors (Lipinski definition) is 0. The summed E-state index contributed by atoms with van der Waals surface area (Å²) in [6, 6.07) is 12.5. The number of likely N-dealkylation sites (N-methyl/N-ethyl adjacent to an activating group) is 1. The van der Waals surface area contributed by atoms with Crippen molar-refractivity contribution in [3.8, 4) is 0 Å². The van der Waals surface area contributed by atoms with E-state index in [1.54, 1.807) is 0 Å². The lowest BCUT2D eigenvalue weighted by atomic mass is 10.1. The van der Waals surface area contributed by atoms with Crippen LogP contribution >= 0.6 is 0 Å². The van der Waals surface area contributed by atoms with Gasteiger partial charge in [-0.05, 0) is 24.9 Å². The molecule has 0 saturated carbocycles. The Labute approximate surface area is 104 Å². The molecule has 2 aliphatic rings. The van der Waals surface area contributed by atoms with Gasteiger partial charge >= 0.3 is 0 Å². The number of nitrogens with zero attached hydrogens (tertiary/aromatic N) is 2. The average molecular weight is 230 g/mol. The van der Waals surface area contributed by atoms with Crippen LogP contribution in [-0.2, 0) is 6.54 Å². The van der Waals surface area contributed by atoms with Crippen molar-refractivity contribution in [2.24, 2.45) is 0 Å². The molecule has 1 aromatic carbocycles. The number of hydrogen-bond acceptors (Lipinski definition) is 2. The first-order chi connectivity index (χ1) is 8.36. The van der Waals surface area contributed by atoms with Crippen LogP contribution in [0, 0.1) is 0 Å². The summed E-state index contributed by atoms with van der Waals surface area (Å²) in [5.74, 6) is 0. The third-order valence-electron chi connectivity index (χ3n) is 4.36. The zero-order valence-corrected chi connectivity index (χ0v) is 10.7. The number of piperazine rings is 1. The summed E-state index contributed by atoms with van der Waals surface area (Å²) in [5.41, 5.74) is 1.47. The molecule has 2 heteroatoms. The topological polar surface area (TPSA) is 6.48 Å². The lowest BCUT2D eigenvalue weighted by Crippen LogP contribution is -2.52. The maximum atomic E-state index is 2.74. The Morgan fingerprint density at radius 2 is 1.71 bits per heavy atom. The molecule has 2 aliphatic heterocycles. The van der Waals surface area contributed by atoms with Crippen LogP contribution < -0.4 is 0 Å². The molecule has 3 rings (SSSR count). The summed E-state index contributed by atoms with van der Waals surface area (Å²) in [4.78, 5) is 5.35. The summed E-state index contributed by atoms with van der Waals surface area (Å²) < 4.78 is 0. The van der Waals surface area contributed by atoms with Gasteiger partial charge in [-0.2, -0.15) is 0 Å². The Balaban J connectivity index is 1.69. The minimum absolute atomic E-state index is 0.800. The monoisotopic (exact) mass is 230 g/mol. The highest BCUT2D eigenvalue weighted by atomic mass is 15.3. The van der Waals surface area contributed by atoms with Gasteiger partial charge in [0, 0.05) is 31.7 Å². The molecule has 17 heavy (non-hydrogen) atoms. The van der Waals surface area contributed by atoms with Crippen molar-refractivity contribution in [1.82, 2.24) is 9.80 Å². The van der Waals surface area contributed by atoms with Crippen molar-refractivity contribution in [1.29, 1.82) is 0 Å². The first-order valence-electron chi connectivity index (χ1n) is 6.89. The molecule has 0 amide bonds. The normalized spacial score (nSPS) is 29.7. The zero-order chi connectivity index (χ0) is 11.7. The van der Waals surface area contributed by atoms with Crippen molar-refractivity contribution in [3.63, 3.8) is 0 Å². The Hall–Kier alpha value is -0.860. The number of fused-ring (bicyclic) bond motifs is 2. The molecule has 2 bridgehead atoms. The molecule has 92 valence electrons.